The van der Waals surface area contributed by atoms with Gasteiger partial charge in [0.15, 0.2) is 0 Å². The molecule has 0 spiro atoms. The van der Waals surface area contributed by atoms with Gasteiger partial charge in [-0.15, -0.1) is 0 Å². The molecule has 0 radical (unpaired) electrons. The van der Waals surface area contributed by atoms with Gasteiger partial charge in [0.05, 0.1) is 11.4 Å². The molecule has 2 aromatic heterocycles. The third kappa shape index (κ3) is 3.76. The van der Waals surface area contributed by atoms with E-state index in [0.29, 0.717) is 28.3 Å². The number of carbonyl (C=O) groups is 1. The fourth-order valence-electron chi connectivity index (χ4n) is 2.81. The second-order valence-electron chi connectivity index (χ2n) is 6.12. The molecule has 2 aromatic carbocycles. The molecule has 0 fully saturated rings. The van der Waals surface area contributed by atoms with Gasteiger partial charge in [-0.25, -0.2) is 4.98 Å². The van der Waals surface area contributed by atoms with E-state index in [9.17, 15) is 9.59 Å². The summed E-state index contributed by atoms with van der Waals surface area (Å²) in [5.41, 5.74) is 2.00. The molecule has 0 aliphatic rings. The lowest BCUT2D eigenvalue weighted by Crippen LogP contribution is -2.16. The average Bonchev–Trinajstić information content (AvgIpc) is 2.74. The SMILES string of the molecule is O=C(Nc1ccccc1OCc1cc(=O)n2ccccc2n1)c1ccccc1. The lowest BCUT2D eigenvalue weighted by molar-refractivity contribution is 0.102. The molecule has 0 unspecified atom stereocenters. The van der Waals surface area contributed by atoms with Crippen LogP contribution < -0.4 is 15.6 Å². The van der Waals surface area contributed by atoms with E-state index in [0.717, 1.165) is 0 Å². The minimum Gasteiger partial charge on any atom is -0.485 e. The molecule has 0 saturated carbocycles. The number of hydrogen-bond donors (Lipinski definition) is 1. The molecule has 4 aromatic rings. The number of ether oxygens (including phenoxy) is 1. The standard InChI is InChI=1S/C22H17N3O3/c26-21-14-17(23-20-12-6-7-13-25(20)21)15-28-19-11-5-4-10-18(19)24-22(27)16-8-2-1-3-9-16/h1-14H,15H2,(H,24,27). The van der Waals surface area contributed by atoms with Crippen molar-refractivity contribution < 1.29 is 9.53 Å². The number of amides is 1. The van der Waals surface area contributed by atoms with Crippen molar-refractivity contribution in [3.63, 3.8) is 0 Å². The summed E-state index contributed by atoms with van der Waals surface area (Å²) in [6, 6.07) is 22.9. The van der Waals surface area contributed by atoms with E-state index in [4.69, 9.17) is 4.74 Å². The first kappa shape index (κ1) is 17.5. The molecule has 0 atom stereocenters. The lowest BCUT2D eigenvalue weighted by Gasteiger charge is -2.12. The van der Waals surface area contributed by atoms with Crippen molar-refractivity contribution >= 4 is 17.2 Å². The first-order chi connectivity index (χ1) is 13.7. The number of anilines is 1. The Balaban J connectivity index is 1.53. The van der Waals surface area contributed by atoms with Crippen LogP contribution in [0.15, 0.2) is 89.9 Å². The predicted molar refractivity (Wildman–Crippen MR) is 107 cm³/mol. The highest BCUT2D eigenvalue weighted by molar-refractivity contribution is 6.04. The Morgan fingerprint density at radius 1 is 0.964 bits per heavy atom. The topological polar surface area (TPSA) is 72.7 Å². The van der Waals surface area contributed by atoms with E-state index in [-0.39, 0.29) is 18.1 Å². The zero-order chi connectivity index (χ0) is 19.3. The van der Waals surface area contributed by atoms with Crippen molar-refractivity contribution in [3.05, 3.63) is 107 Å². The normalized spacial score (nSPS) is 10.6. The molecule has 0 aliphatic carbocycles. The maximum Gasteiger partial charge on any atom is 0.258 e. The minimum absolute atomic E-state index is 0.110. The summed E-state index contributed by atoms with van der Waals surface area (Å²) in [6.45, 7) is 0.110. The highest BCUT2D eigenvalue weighted by Crippen LogP contribution is 2.25. The Morgan fingerprint density at radius 3 is 2.57 bits per heavy atom. The summed E-state index contributed by atoms with van der Waals surface area (Å²) in [5.74, 6) is 0.278. The first-order valence-electron chi connectivity index (χ1n) is 8.76. The van der Waals surface area contributed by atoms with Gasteiger partial charge in [0.1, 0.15) is 18.0 Å². The largest absolute Gasteiger partial charge is 0.485 e. The second kappa shape index (κ2) is 7.75. The number of para-hydroxylation sites is 2. The fourth-order valence-corrected chi connectivity index (χ4v) is 2.81. The smallest absolute Gasteiger partial charge is 0.258 e. The lowest BCUT2D eigenvalue weighted by atomic mass is 10.2. The molecule has 4 rings (SSSR count). The van der Waals surface area contributed by atoms with Gasteiger partial charge in [0.2, 0.25) is 0 Å². The second-order valence-corrected chi connectivity index (χ2v) is 6.12. The van der Waals surface area contributed by atoms with E-state index in [1.807, 2.05) is 24.3 Å². The monoisotopic (exact) mass is 371 g/mol. The van der Waals surface area contributed by atoms with Crippen LogP contribution in [-0.4, -0.2) is 15.3 Å². The number of pyridine rings is 1. The predicted octanol–water partition coefficient (Wildman–Crippen LogP) is 3.53. The van der Waals surface area contributed by atoms with Crippen molar-refractivity contribution in [2.45, 2.75) is 6.61 Å². The number of nitrogens with one attached hydrogen (secondary N) is 1. The van der Waals surface area contributed by atoms with Gasteiger partial charge in [0.25, 0.3) is 11.5 Å². The third-order valence-corrected chi connectivity index (χ3v) is 4.17. The van der Waals surface area contributed by atoms with Crippen LogP contribution in [0.3, 0.4) is 0 Å². The molecule has 6 heteroatoms. The molecule has 6 nitrogen and oxygen atoms in total. The molecule has 0 saturated heterocycles. The summed E-state index contributed by atoms with van der Waals surface area (Å²) in [5, 5.41) is 2.85. The van der Waals surface area contributed by atoms with Crippen molar-refractivity contribution in [2.75, 3.05) is 5.32 Å². The van der Waals surface area contributed by atoms with Crippen LogP contribution in [0.2, 0.25) is 0 Å². The molecule has 1 N–H and O–H groups in total. The molecular weight excluding hydrogens is 354 g/mol. The van der Waals surface area contributed by atoms with Crippen LogP contribution in [0.5, 0.6) is 5.75 Å². The minimum atomic E-state index is -0.223. The number of nitrogens with zero attached hydrogens (tertiary/aromatic N) is 2. The van der Waals surface area contributed by atoms with Gasteiger partial charge in [0, 0.05) is 17.8 Å². The number of benzene rings is 2. The summed E-state index contributed by atoms with van der Waals surface area (Å²) < 4.78 is 7.31. The number of fused-ring (bicyclic) bond motifs is 1. The molecule has 0 bridgehead atoms. The van der Waals surface area contributed by atoms with Crippen LogP contribution in [0.4, 0.5) is 5.69 Å². The van der Waals surface area contributed by atoms with E-state index < -0.39 is 0 Å². The summed E-state index contributed by atoms with van der Waals surface area (Å²) in [7, 11) is 0. The van der Waals surface area contributed by atoms with E-state index in [1.165, 1.54) is 10.5 Å². The van der Waals surface area contributed by atoms with Crippen LogP contribution in [0, 0.1) is 0 Å². The highest BCUT2D eigenvalue weighted by Gasteiger charge is 2.10. The maximum absolute atomic E-state index is 12.4. The number of hydrogen-bond acceptors (Lipinski definition) is 4. The number of carbonyl (C=O) groups excluding carboxylic acids is 1. The summed E-state index contributed by atoms with van der Waals surface area (Å²) in [4.78, 5) is 29.0. The average molecular weight is 371 g/mol. The van der Waals surface area contributed by atoms with Crippen molar-refractivity contribution in [2.24, 2.45) is 0 Å². The van der Waals surface area contributed by atoms with Crippen molar-refractivity contribution in [1.29, 1.82) is 0 Å². The Bertz CT molecular complexity index is 1190. The molecule has 138 valence electrons. The van der Waals surface area contributed by atoms with Crippen LogP contribution in [0.1, 0.15) is 16.1 Å². The van der Waals surface area contributed by atoms with Crippen LogP contribution in [0.25, 0.3) is 5.65 Å². The van der Waals surface area contributed by atoms with Gasteiger partial charge in [-0.2, -0.15) is 0 Å². The van der Waals surface area contributed by atoms with Gasteiger partial charge < -0.3 is 10.1 Å². The number of aromatic nitrogens is 2. The van der Waals surface area contributed by atoms with Crippen molar-refractivity contribution in [1.82, 2.24) is 9.38 Å². The molecule has 1 amide bonds. The fraction of sp³-hybridized carbons (Fsp3) is 0.0455. The quantitative estimate of drug-likeness (QED) is 0.583. The zero-order valence-corrected chi connectivity index (χ0v) is 14.9. The van der Waals surface area contributed by atoms with Crippen molar-refractivity contribution in [3.8, 4) is 5.75 Å². The zero-order valence-electron chi connectivity index (χ0n) is 14.9. The molecular formula is C22H17N3O3. The first-order valence-corrected chi connectivity index (χ1v) is 8.76. The maximum atomic E-state index is 12.4. The Kier molecular flexibility index (Phi) is 4.84. The van der Waals surface area contributed by atoms with E-state index in [2.05, 4.69) is 10.3 Å². The van der Waals surface area contributed by atoms with E-state index >= 15 is 0 Å². The number of rotatable bonds is 5. The highest BCUT2D eigenvalue weighted by atomic mass is 16.5. The Hall–Kier alpha value is -3.93. The van der Waals surface area contributed by atoms with Gasteiger partial charge in [-0.05, 0) is 36.4 Å². The van der Waals surface area contributed by atoms with Gasteiger partial charge >= 0.3 is 0 Å². The van der Waals surface area contributed by atoms with Crippen LogP contribution >= 0.6 is 0 Å². The Morgan fingerprint density at radius 2 is 1.71 bits per heavy atom. The third-order valence-electron chi connectivity index (χ3n) is 4.17. The van der Waals surface area contributed by atoms with Crippen LogP contribution in [-0.2, 0) is 6.61 Å². The van der Waals surface area contributed by atoms with Gasteiger partial charge in [-0.1, -0.05) is 36.4 Å². The molecule has 0 aliphatic heterocycles. The van der Waals surface area contributed by atoms with E-state index in [1.54, 1.807) is 54.7 Å². The molecule has 2 heterocycles. The summed E-state index contributed by atoms with van der Waals surface area (Å²) >= 11 is 0. The van der Waals surface area contributed by atoms with Gasteiger partial charge in [-0.3, -0.25) is 14.0 Å². The summed E-state index contributed by atoms with van der Waals surface area (Å²) in [6.07, 6.45) is 1.67. The molecule has 28 heavy (non-hydrogen) atoms. The Labute approximate surface area is 161 Å².